The van der Waals surface area contributed by atoms with E-state index in [0.29, 0.717) is 25.6 Å². The highest BCUT2D eigenvalue weighted by atomic mass is 16.2. The van der Waals surface area contributed by atoms with Gasteiger partial charge in [-0.3, -0.25) is 14.4 Å². The van der Waals surface area contributed by atoms with Crippen molar-refractivity contribution < 1.29 is 9.59 Å². The van der Waals surface area contributed by atoms with E-state index in [1.807, 2.05) is 35.3 Å². The summed E-state index contributed by atoms with van der Waals surface area (Å²) < 4.78 is 2.00. The molecule has 0 saturated carbocycles. The zero-order chi connectivity index (χ0) is 21.4. The molecule has 1 fully saturated rings. The summed E-state index contributed by atoms with van der Waals surface area (Å²) in [5.74, 6) is 0.470. The van der Waals surface area contributed by atoms with Gasteiger partial charge in [-0.15, -0.1) is 0 Å². The van der Waals surface area contributed by atoms with Gasteiger partial charge in [0.05, 0.1) is 12.2 Å². The molecule has 8 heteroatoms. The summed E-state index contributed by atoms with van der Waals surface area (Å²) in [7, 11) is 0. The Kier molecular flexibility index (Phi) is 8.95. The zero-order valence-corrected chi connectivity index (χ0v) is 18.8. The summed E-state index contributed by atoms with van der Waals surface area (Å²) >= 11 is 0. The number of aryl methyl sites for hydroxylation is 2. The molecule has 0 aromatic carbocycles. The Labute approximate surface area is 175 Å². The van der Waals surface area contributed by atoms with Crippen molar-refractivity contribution >= 4 is 11.9 Å². The van der Waals surface area contributed by atoms with Gasteiger partial charge in [0.1, 0.15) is 0 Å². The van der Waals surface area contributed by atoms with Crippen molar-refractivity contribution in [2.75, 3.05) is 52.4 Å². The Hall–Kier alpha value is -2.09. The predicted octanol–water partition coefficient (Wildman–Crippen LogP) is 1.72. The summed E-state index contributed by atoms with van der Waals surface area (Å²) in [5.41, 5.74) is 2.17. The maximum Gasteiger partial charge on any atom is 0.317 e. The van der Waals surface area contributed by atoms with Crippen LogP contribution in [0.4, 0.5) is 4.79 Å². The molecule has 1 N–H and O–H groups in total. The monoisotopic (exact) mass is 406 g/mol. The lowest BCUT2D eigenvalue weighted by Gasteiger charge is -2.25. The number of likely N-dealkylation sites (N-methyl/N-ethyl adjacent to an activating group) is 1. The zero-order valence-electron chi connectivity index (χ0n) is 18.8. The third-order valence-corrected chi connectivity index (χ3v) is 5.54. The van der Waals surface area contributed by atoms with Crippen molar-refractivity contribution in [1.29, 1.82) is 0 Å². The first-order valence-corrected chi connectivity index (χ1v) is 10.9. The Morgan fingerprint density at radius 3 is 2.52 bits per heavy atom. The molecular formula is C21H38N6O2. The number of rotatable bonds is 8. The largest absolute Gasteiger partial charge is 0.342 e. The van der Waals surface area contributed by atoms with Crippen molar-refractivity contribution in [2.45, 2.75) is 47.6 Å². The molecular weight excluding hydrogens is 368 g/mol. The molecule has 2 rings (SSSR count). The lowest BCUT2D eigenvalue weighted by Crippen LogP contribution is -2.44. The first kappa shape index (κ1) is 23.2. The van der Waals surface area contributed by atoms with Gasteiger partial charge in [-0.2, -0.15) is 5.10 Å². The van der Waals surface area contributed by atoms with Gasteiger partial charge in [-0.25, -0.2) is 4.79 Å². The van der Waals surface area contributed by atoms with Crippen LogP contribution in [-0.2, 0) is 11.3 Å². The van der Waals surface area contributed by atoms with Crippen LogP contribution in [0.5, 0.6) is 0 Å². The molecule has 1 unspecified atom stereocenters. The third kappa shape index (κ3) is 7.03. The molecule has 0 spiro atoms. The molecule has 1 atom stereocenters. The van der Waals surface area contributed by atoms with Crippen LogP contribution in [-0.4, -0.2) is 88.8 Å². The van der Waals surface area contributed by atoms with Crippen LogP contribution in [0.25, 0.3) is 0 Å². The second-order valence-electron chi connectivity index (χ2n) is 8.08. The molecule has 1 aromatic rings. The number of urea groups is 1. The van der Waals surface area contributed by atoms with Crippen LogP contribution >= 0.6 is 0 Å². The maximum absolute atomic E-state index is 12.6. The van der Waals surface area contributed by atoms with Crippen LogP contribution in [0.2, 0.25) is 0 Å². The normalized spacial score (nSPS) is 16.4. The minimum Gasteiger partial charge on any atom is -0.342 e. The molecule has 1 saturated heterocycles. The smallest absolute Gasteiger partial charge is 0.317 e. The highest BCUT2D eigenvalue weighted by molar-refractivity contribution is 5.78. The number of hydrogen-bond acceptors (Lipinski definition) is 4. The van der Waals surface area contributed by atoms with Crippen LogP contribution in [0, 0.1) is 19.8 Å². The van der Waals surface area contributed by atoms with Crippen molar-refractivity contribution in [3.05, 3.63) is 17.5 Å². The Bertz CT molecular complexity index is 670. The molecule has 1 aliphatic rings. The van der Waals surface area contributed by atoms with E-state index in [1.54, 1.807) is 0 Å². The van der Waals surface area contributed by atoms with E-state index >= 15 is 0 Å². The molecule has 0 radical (unpaired) electrons. The highest BCUT2D eigenvalue weighted by Crippen LogP contribution is 2.07. The quantitative estimate of drug-likeness (QED) is 0.713. The first-order chi connectivity index (χ1) is 13.8. The third-order valence-electron chi connectivity index (χ3n) is 5.54. The van der Waals surface area contributed by atoms with Gasteiger partial charge in [0.15, 0.2) is 0 Å². The number of amides is 3. The average Bonchev–Trinajstić information content (AvgIpc) is 2.85. The van der Waals surface area contributed by atoms with Crippen molar-refractivity contribution in [2.24, 2.45) is 5.92 Å². The molecule has 3 amide bonds. The predicted molar refractivity (Wildman–Crippen MR) is 115 cm³/mol. The summed E-state index contributed by atoms with van der Waals surface area (Å²) in [6.07, 6.45) is 0.889. The van der Waals surface area contributed by atoms with E-state index in [0.717, 1.165) is 57.1 Å². The van der Waals surface area contributed by atoms with E-state index in [1.165, 1.54) is 0 Å². The molecule has 1 aromatic heterocycles. The number of hydrogen-bond donors (Lipinski definition) is 1. The standard InChI is InChI=1S/C21H38N6O2/c1-6-25(7-2)20(28)16-24-9-8-10-26(12-11-24)21(29)22-14-17(3)15-27-19(5)13-18(4)23-27/h13,17H,6-12,14-16H2,1-5H3,(H,22,29). The highest BCUT2D eigenvalue weighted by Gasteiger charge is 2.22. The Morgan fingerprint density at radius 1 is 1.17 bits per heavy atom. The van der Waals surface area contributed by atoms with Crippen LogP contribution in [0.1, 0.15) is 38.6 Å². The SMILES string of the molecule is CCN(CC)C(=O)CN1CCCN(C(=O)NCC(C)Cn2nc(C)cc2C)CC1. The van der Waals surface area contributed by atoms with Gasteiger partial charge >= 0.3 is 6.03 Å². The Morgan fingerprint density at radius 2 is 1.90 bits per heavy atom. The Balaban J connectivity index is 1.75. The molecule has 0 bridgehead atoms. The summed E-state index contributed by atoms with van der Waals surface area (Å²) in [6, 6.07) is 2.06. The average molecular weight is 407 g/mol. The molecule has 29 heavy (non-hydrogen) atoms. The summed E-state index contributed by atoms with van der Waals surface area (Å²) in [4.78, 5) is 30.8. The van der Waals surface area contributed by atoms with Crippen molar-refractivity contribution in [3.63, 3.8) is 0 Å². The number of nitrogens with zero attached hydrogens (tertiary/aromatic N) is 5. The second kappa shape index (κ2) is 11.2. The first-order valence-electron chi connectivity index (χ1n) is 10.9. The van der Waals surface area contributed by atoms with E-state index < -0.39 is 0 Å². The fraction of sp³-hybridized carbons (Fsp3) is 0.762. The van der Waals surface area contributed by atoms with Gasteiger partial charge in [0.25, 0.3) is 0 Å². The topological polar surface area (TPSA) is 73.7 Å². The summed E-state index contributed by atoms with van der Waals surface area (Å²) in [5, 5.41) is 7.56. The van der Waals surface area contributed by atoms with E-state index in [2.05, 4.69) is 35.2 Å². The number of carbonyl (C=O) groups is 2. The lowest BCUT2D eigenvalue weighted by atomic mass is 10.2. The van der Waals surface area contributed by atoms with Crippen LogP contribution in [0.3, 0.4) is 0 Å². The fourth-order valence-corrected chi connectivity index (χ4v) is 3.79. The van der Waals surface area contributed by atoms with E-state index in [4.69, 9.17) is 0 Å². The maximum atomic E-state index is 12.6. The molecule has 0 aliphatic carbocycles. The van der Waals surface area contributed by atoms with Gasteiger partial charge in [0, 0.05) is 58.1 Å². The van der Waals surface area contributed by atoms with Gasteiger partial charge in [-0.05, 0) is 46.1 Å². The van der Waals surface area contributed by atoms with Crippen molar-refractivity contribution in [1.82, 2.24) is 29.8 Å². The number of nitrogens with one attached hydrogen (secondary N) is 1. The van der Waals surface area contributed by atoms with Crippen molar-refractivity contribution in [3.8, 4) is 0 Å². The van der Waals surface area contributed by atoms with Crippen LogP contribution in [0.15, 0.2) is 6.07 Å². The molecule has 8 nitrogen and oxygen atoms in total. The molecule has 164 valence electrons. The molecule has 2 heterocycles. The van der Waals surface area contributed by atoms with Gasteiger partial charge in [-0.1, -0.05) is 6.92 Å². The second-order valence-corrected chi connectivity index (χ2v) is 8.08. The minimum absolute atomic E-state index is 0.0119. The van der Waals surface area contributed by atoms with E-state index in [-0.39, 0.29) is 11.9 Å². The van der Waals surface area contributed by atoms with E-state index in [9.17, 15) is 9.59 Å². The minimum atomic E-state index is -0.0119. The van der Waals surface area contributed by atoms with Crippen LogP contribution < -0.4 is 5.32 Å². The summed E-state index contributed by atoms with van der Waals surface area (Å²) in [6.45, 7) is 16.5. The number of carbonyl (C=O) groups excluding carboxylic acids is 2. The van der Waals surface area contributed by atoms with Gasteiger partial charge < -0.3 is 15.1 Å². The van der Waals surface area contributed by atoms with Gasteiger partial charge in [0.2, 0.25) is 5.91 Å². The number of aromatic nitrogens is 2. The lowest BCUT2D eigenvalue weighted by molar-refractivity contribution is -0.132. The fourth-order valence-electron chi connectivity index (χ4n) is 3.79. The molecule has 1 aliphatic heterocycles.